The first kappa shape index (κ1) is 19.3. The number of rotatable bonds is 7. The highest BCUT2D eigenvalue weighted by molar-refractivity contribution is 5.93. The van der Waals surface area contributed by atoms with Crippen molar-refractivity contribution in [1.29, 1.82) is 0 Å². The van der Waals surface area contributed by atoms with E-state index in [9.17, 15) is 4.79 Å². The monoisotopic (exact) mass is 407 g/mol. The molecule has 1 N–H and O–H groups in total. The lowest BCUT2D eigenvalue weighted by Crippen LogP contribution is -2.50. The van der Waals surface area contributed by atoms with Gasteiger partial charge in [-0.05, 0) is 37.2 Å². The normalized spacial score (nSPS) is 21.3. The predicted molar refractivity (Wildman–Crippen MR) is 116 cm³/mol. The molecule has 1 aliphatic carbocycles. The number of carbonyl (C=O) groups is 1. The molecule has 1 atom stereocenters. The molecule has 2 saturated heterocycles. The van der Waals surface area contributed by atoms with Crippen molar-refractivity contribution in [3.05, 3.63) is 47.7 Å². The molecule has 7 nitrogen and oxygen atoms in total. The largest absolute Gasteiger partial charge is 0.378 e. The van der Waals surface area contributed by atoms with Crippen molar-refractivity contribution in [2.24, 2.45) is 5.92 Å². The average Bonchev–Trinajstić information content (AvgIpc) is 3.61. The van der Waals surface area contributed by atoms with Crippen molar-refractivity contribution in [2.75, 3.05) is 49.2 Å². The Hall–Kier alpha value is -2.67. The van der Waals surface area contributed by atoms with Crippen LogP contribution in [0.2, 0.25) is 0 Å². The fourth-order valence-corrected chi connectivity index (χ4v) is 4.07. The van der Waals surface area contributed by atoms with Gasteiger partial charge in [0.1, 0.15) is 11.5 Å². The van der Waals surface area contributed by atoms with E-state index < -0.39 is 0 Å². The van der Waals surface area contributed by atoms with Crippen molar-refractivity contribution in [3.63, 3.8) is 0 Å². The van der Waals surface area contributed by atoms with Crippen LogP contribution in [0.1, 0.15) is 35.3 Å². The van der Waals surface area contributed by atoms with Gasteiger partial charge in [0, 0.05) is 38.3 Å². The zero-order valence-corrected chi connectivity index (χ0v) is 17.3. The molecular weight excluding hydrogens is 378 g/mol. The van der Waals surface area contributed by atoms with E-state index in [0.29, 0.717) is 36.8 Å². The number of nitrogens with one attached hydrogen (secondary N) is 1. The second-order valence-electron chi connectivity index (χ2n) is 8.49. The second kappa shape index (κ2) is 8.60. The standard InChI is InChI=1S/C23H29N5O2/c29-22(24-16-18-6-7-18)20-15-21(27-10-12-30-13-11-27)26-23(25-20)28-9-8-19(28)14-17-4-2-1-3-5-17/h1-5,15,18-19H,6-14,16H2,(H,24,29). The van der Waals surface area contributed by atoms with Crippen LogP contribution in [0.3, 0.4) is 0 Å². The quantitative estimate of drug-likeness (QED) is 0.759. The Labute approximate surface area is 177 Å². The van der Waals surface area contributed by atoms with E-state index in [-0.39, 0.29) is 5.91 Å². The van der Waals surface area contributed by atoms with Crippen LogP contribution in [0.15, 0.2) is 36.4 Å². The van der Waals surface area contributed by atoms with Gasteiger partial charge in [-0.2, -0.15) is 4.98 Å². The van der Waals surface area contributed by atoms with E-state index in [2.05, 4.69) is 44.4 Å². The van der Waals surface area contributed by atoms with Crippen LogP contribution in [-0.2, 0) is 11.2 Å². The fraction of sp³-hybridized carbons (Fsp3) is 0.522. The third-order valence-corrected chi connectivity index (χ3v) is 6.23. The summed E-state index contributed by atoms with van der Waals surface area (Å²) in [5.74, 6) is 2.03. The van der Waals surface area contributed by atoms with E-state index in [1.54, 1.807) is 0 Å². The SMILES string of the molecule is O=C(NCC1CC1)c1cc(N2CCOCC2)nc(N2CCC2Cc2ccccc2)n1. The molecule has 5 rings (SSSR count). The summed E-state index contributed by atoms with van der Waals surface area (Å²) >= 11 is 0. The molecule has 1 aromatic carbocycles. The molecule has 0 radical (unpaired) electrons. The molecule has 1 unspecified atom stereocenters. The Kier molecular flexibility index (Phi) is 5.53. The number of carbonyl (C=O) groups excluding carboxylic acids is 1. The lowest BCUT2D eigenvalue weighted by molar-refractivity contribution is 0.0946. The van der Waals surface area contributed by atoms with Crippen LogP contribution in [0.4, 0.5) is 11.8 Å². The highest BCUT2D eigenvalue weighted by Gasteiger charge is 2.32. The lowest BCUT2D eigenvalue weighted by atomic mass is 9.96. The van der Waals surface area contributed by atoms with Crippen LogP contribution in [0.25, 0.3) is 0 Å². The number of anilines is 2. The molecule has 2 aromatic rings. The van der Waals surface area contributed by atoms with Crippen molar-refractivity contribution in [1.82, 2.24) is 15.3 Å². The van der Waals surface area contributed by atoms with Crippen molar-refractivity contribution in [3.8, 4) is 0 Å². The maximum Gasteiger partial charge on any atom is 0.270 e. The first-order chi connectivity index (χ1) is 14.8. The summed E-state index contributed by atoms with van der Waals surface area (Å²) in [5.41, 5.74) is 1.78. The minimum absolute atomic E-state index is 0.0970. The number of ether oxygens (including phenoxy) is 1. The topological polar surface area (TPSA) is 70.6 Å². The molecule has 0 spiro atoms. The summed E-state index contributed by atoms with van der Waals surface area (Å²) in [6.07, 6.45) is 4.50. The van der Waals surface area contributed by atoms with E-state index in [0.717, 1.165) is 44.8 Å². The zero-order valence-electron chi connectivity index (χ0n) is 17.3. The Balaban J connectivity index is 1.38. The minimum atomic E-state index is -0.0970. The van der Waals surface area contributed by atoms with Gasteiger partial charge < -0.3 is 19.9 Å². The number of nitrogens with zero attached hydrogens (tertiary/aromatic N) is 4. The van der Waals surface area contributed by atoms with Gasteiger partial charge >= 0.3 is 0 Å². The van der Waals surface area contributed by atoms with E-state index in [1.165, 1.54) is 18.4 Å². The van der Waals surface area contributed by atoms with Crippen molar-refractivity contribution >= 4 is 17.7 Å². The molecule has 3 aliphatic rings. The highest BCUT2D eigenvalue weighted by Crippen LogP contribution is 2.29. The van der Waals surface area contributed by atoms with E-state index >= 15 is 0 Å². The Morgan fingerprint density at radius 1 is 1.07 bits per heavy atom. The van der Waals surface area contributed by atoms with Gasteiger partial charge in [-0.3, -0.25) is 4.79 Å². The molecular formula is C23H29N5O2. The van der Waals surface area contributed by atoms with Gasteiger partial charge in [0.05, 0.1) is 13.2 Å². The van der Waals surface area contributed by atoms with Gasteiger partial charge in [0.25, 0.3) is 5.91 Å². The fourth-order valence-electron chi connectivity index (χ4n) is 4.07. The Bertz CT molecular complexity index is 880. The zero-order chi connectivity index (χ0) is 20.3. The third kappa shape index (κ3) is 4.41. The molecule has 1 saturated carbocycles. The summed E-state index contributed by atoms with van der Waals surface area (Å²) in [5, 5.41) is 3.05. The van der Waals surface area contributed by atoms with Crippen LogP contribution >= 0.6 is 0 Å². The van der Waals surface area contributed by atoms with Gasteiger partial charge in [-0.1, -0.05) is 30.3 Å². The first-order valence-electron chi connectivity index (χ1n) is 11.1. The first-order valence-corrected chi connectivity index (χ1v) is 11.1. The lowest BCUT2D eigenvalue weighted by Gasteiger charge is -2.41. The summed E-state index contributed by atoms with van der Waals surface area (Å²) < 4.78 is 5.49. The second-order valence-corrected chi connectivity index (χ2v) is 8.49. The third-order valence-electron chi connectivity index (χ3n) is 6.23. The maximum atomic E-state index is 12.8. The summed E-state index contributed by atoms with van der Waals surface area (Å²) in [6.45, 7) is 4.60. The summed E-state index contributed by atoms with van der Waals surface area (Å²) in [7, 11) is 0. The molecule has 158 valence electrons. The molecule has 2 aliphatic heterocycles. The molecule has 3 fully saturated rings. The summed E-state index contributed by atoms with van der Waals surface area (Å²) in [4.78, 5) is 26.8. The van der Waals surface area contributed by atoms with Crippen molar-refractivity contribution < 1.29 is 9.53 Å². The molecule has 3 heterocycles. The van der Waals surface area contributed by atoms with Crippen LogP contribution in [-0.4, -0.2) is 61.3 Å². The smallest absolute Gasteiger partial charge is 0.270 e. The number of aromatic nitrogens is 2. The van der Waals surface area contributed by atoms with Crippen LogP contribution in [0.5, 0.6) is 0 Å². The average molecular weight is 408 g/mol. The van der Waals surface area contributed by atoms with Gasteiger partial charge in [-0.15, -0.1) is 0 Å². The number of amides is 1. The van der Waals surface area contributed by atoms with E-state index in [4.69, 9.17) is 9.72 Å². The van der Waals surface area contributed by atoms with Gasteiger partial charge in [-0.25, -0.2) is 4.98 Å². The van der Waals surface area contributed by atoms with Crippen LogP contribution in [0, 0.1) is 5.92 Å². The number of hydrogen-bond donors (Lipinski definition) is 1. The molecule has 0 bridgehead atoms. The molecule has 1 amide bonds. The maximum absolute atomic E-state index is 12.8. The number of benzene rings is 1. The van der Waals surface area contributed by atoms with Crippen LogP contribution < -0.4 is 15.1 Å². The molecule has 30 heavy (non-hydrogen) atoms. The minimum Gasteiger partial charge on any atom is -0.378 e. The van der Waals surface area contributed by atoms with Gasteiger partial charge in [0.2, 0.25) is 5.95 Å². The highest BCUT2D eigenvalue weighted by atomic mass is 16.5. The summed E-state index contributed by atoms with van der Waals surface area (Å²) in [6, 6.07) is 12.7. The van der Waals surface area contributed by atoms with Gasteiger partial charge in [0.15, 0.2) is 0 Å². The number of morpholine rings is 1. The Morgan fingerprint density at radius 2 is 1.87 bits per heavy atom. The predicted octanol–water partition coefficient (Wildman–Crippen LogP) is 2.27. The van der Waals surface area contributed by atoms with Crippen molar-refractivity contribution in [2.45, 2.75) is 31.7 Å². The molecule has 1 aromatic heterocycles. The van der Waals surface area contributed by atoms with E-state index in [1.807, 2.05) is 12.1 Å². The number of hydrogen-bond acceptors (Lipinski definition) is 6. The molecule has 7 heteroatoms. The Morgan fingerprint density at radius 3 is 2.57 bits per heavy atom.